The molecule has 0 aromatic heterocycles. The molecular weight excluding hydrogens is 470 g/mol. The van der Waals surface area contributed by atoms with Crippen molar-refractivity contribution in [1.82, 2.24) is 19.6 Å². The van der Waals surface area contributed by atoms with Crippen LogP contribution in [0.25, 0.3) is 0 Å². The Bertz CT molecular complexity index is 864. The summed E-state index contributed by atoms with van der Waals surface area (Å²) in [6.45, 7) is 13.6. The second-order valence-electron chi connectivity index (χ2n) is 10.6. The predicted molar refractivity (Wildman–Crippen MR) is 145 cm³/mol. The number of ether oxygens (including phenoxy) is 2. The molecule has 37 heavy (non-hydrogen) atoms. The topological polar surface area (TPSA) is 77.6 Å². The Hall–Kier alpha value is -2.36. The Balaban J connectivity index is 1.26. The molecule has 0 bridgehead atoms. The van der Waals surface area contributed by atoms with Crippen molar-refractivity contribution >= 4 is 17.7 Å². The number of urea groups is 2. The summed E-state index contributed by atoms with van der Waals surface area (Å²) < 4.78 is 10.7. The van der Waals surface area contributed by atoms with Gasteiger partial charge >= 0.3 is 12.1 Å². The normalized spacial score (nSPS) is 20.2. The van der Waals surface area contributed by atoms with Gasteiger partial charge in [-0.1, -0.05) is 19.1 Å². The number of hydrogen-bond donors (Lipinski definition) is 1. The quantitative estimate of drug-likeness (QED) is 0.575. The fraction of sp³-hybridized carbons (Fsp3) is 0.714. The van der Waals surface area contributed by atoms with Crippen LogP contribution >= 0.6 is 0 Å². The molecule has 3 saturated heterocycles. The summed E-state index contributed by atoms with van der Waals surface area (Å²) in [6, 6.07) is 8.78. The largest absolute Gasteiger partial charge is 0.378 e. The molecule has 0 spiro atoms. The lowest BCUT2D eigenvalue weighted by atomic mass is 9.95. The summed E-state index contributed by atoms with van der Waals surface area (Å²) in [4.78, 5) is 33.8. The summed E-state index contributed by atoms with van der Waals surface area (Å²) >= 11 is 0. The van der Waals surface area contributed by atoms with Gasteiger partial charge in [0, 0.05) is 57.5 Å². The van der Waals surface area contributed by atoms with Crippen LogP contribution in [0, 0.1) is 5.92 Å². The van der Waals surface area contributed by atoms with E-state index in [2.05, 4.69) is 36.2 Å². The van der Waals surface area contributed by atoms with Crippen LogP contribution in [0.4, 0.5) is 15.3 Å². The van der Waals surface area contributed by atoms with E-state index in [4.69, 9.17) is 9.47 Å². The van der Waals surface area contributed by atoms with E-state index in [9.17, 15) is 9.59 Å². The lowest BCUT2D eigenvalue weighted by molar-refractivity contribution is 0.0386. The van der Waals surface area contributed by atoms with Crippen molar-refractivity contribution < 1.29 is 19.1 Å². The number of likely N-dealkylation sites (tertiary alicyclic amines) is 1. The van der Waals surface area contributed by atoms with Gasteiger partial charge in [0.1, 0.15) is 0 Å². The second-order valence-corrected chi connectivity index (χ2v) is 10.6. The number of benzene rings is 1. The van der Waals surface area contributed by atoms with Crippen molar-refractivity contribution in [3.63, 3.8) is 0 Å². The first-order valence-electron chi connectivity index (χ1n) is 14.1. The Kier molecular flexibility index (Phi) is 10.5. The van der Waals surface area contributed by atoms with Crippen LogP contribution in [0.15, 0.2) is 24.3 Å². The van der Waals surface area contributed by atoms with Gasteiger partial charge in [-0.25, -0.2) is 9.59 Å². The van der Waals surface area contributed by atoms with E-state index >= 15 is 0 Å². The summed E-state index contributed by atoms with van der Waals surface area (Å²) in [5.41, 5.74) is 2.08. The molecule has 4 rings (SSSR count). The van der Waals surface area contributed by atoms with Crippen molar-refractivity contribution in [2.45, 2.75) is 45.6 Å². The number of carbonyl (C=O) groups excluding carboxylic acids is 2. The van der Waals surface area contributed by atoms with Gasteiger partial charge in [0.25, 0.3) is 0 Å². The lowest BCUT2D eigenvalue weighted by Gasteiger charge is -2.39. The van der Waals surface area contributed by atoms with Crippen LogP contribution in [-0.4, -0.2) is 116 Å². The van der Waals surface area contributed by atoms with Gasteiger partial charge in [0.2, 0.25) is 0 Å². The van der Waals surface area contributed by atoms with E-state index in [1.807, 2.05) is 26.8 Å². The average Bonchev–Trinajstić information content (AvgIpc) is 2.94. The number of nitrogens with one attached hydrogen (secondary N) is 1. The van der Waals surface area contributed by atoms with E-state index in [-0.39, 0.29) is 12.1 Å². The van der Waals surface area contributed by atoms with Crippen molar-refractivity contribution in [3.8, 4) is 0 Å². The fourth-order valence-corrected chi connectivity index (χ4v) is 5.59. The van der Waals surface area contributed by atoms with Crippen molar-refractivity contribution in [2.75, 3.05) is 84.1 Å². The van der Waals surface area contributed by atoms with Gasteiger partial charge in [-0.2, -0.15) is 0 Å². The minimum atomic E-state index is -0.0560. The number of piperidine rings is 1. The highest BCUT2D eigenvalue weighted by atomic mass is 16.5. The van der Waals surface area contributed by atoms with Crippen LogP contribution in [0.5, 0.6) is 0 Å². The minimum Gasteiger partial charge on any atom is -0.378 e. The Labute approximate surface area is 222 Å². The molecule has 3 aliphatic rings. The number of rotatable bonds is 8. The highest BCUT2D eigenvalue weighted by molar-refractivity contribution is 5.89. The lowest BCUT2D eigenvalue weighted by Crippen LogP contribution is -2.51. The number of carbonyl (C=O) groups is 2. The van der Waals surface area contributed by atoms with Gasteiger partial charge in [0.15, 0.2) is 0 Å². The fourth-order valence-electron chi connectivity index (χ4n) is 5.59. The first-order chi connectivity index (χ1) is 18.0. The number of nitrogens with zero attached hydrogens (tertiary/aromatic N) is 4. The molecule has 3 heterocycles. The van der Waals surface area contributed by atoms with Crippen LogP contribution in [0.1, 0.15) is 38.7 Å². The van der Waals surface area contributed by atoms with Crippen molar-refractivity contribution in [1.29, 1.82) is 0 Å². The van der Waals surface area contributed by atoms with Gasteiger partial charge in [-0.05, 0) is 62.8 Å². The number of hydrogen-bond acceptors (Lipinski definition) is 5. The van der Waals surface area contributed by atoms with Gasteiger partial charge in [-0.3, -0.25) is 0 Å². The smallest absolute Gasteiger partial charge is 0.321 e. The maximum absolute atomic E-state index is 12.8. The molecule has 3 aliphatic heterocycles. The first kappa shape index (κ1) is 27.7. The molecule has 9 heteroatoms. The zero-order chi connectivity index (χ0) is 26.0. The van der Waals surface area contributed by atoms with Gasteiger partial charge < -0.3 is 34.4 Å². The number of anilines is 1. The summed E-state index contributed by atoms with van der Waals surface area (Å²) in [6.07, 6.45) is 4.18. The molecule has 1 unspecified atom stereocenters. The van der Waals surface area contributed by atoms with E-state index < -0.39 is 0 Å². The Morgan fingerprint density at radius 3 is 2.24 bits per heavy atom. The number of morpholine rings is 2. The van der Waals surface area contributed by atoms with Crippen molar-refractivity contribution in [3.05, 3.63) is 29.8 Å². The maximum atomic E-state index is 12.8. The molecule has 206 valence electrons. The standard InChI is InChI=1S/C28H45N5O4/c1-3-9-33(22-24-7-10-31(11-8-24)28(35)32-14-18-37-19-15-32)23(2)20-25-5-4-6-26(21-25)29-27(34)30-12-16-36-17-13-30/h4-6,21,23-24H,3,7-20,22H2,1-2H3,(H,29,34). The minimum absolute atomic E-state index is 0.0560. The summed E-state index contributed by atoms with van der Waals surface area (Å²) in [5, 5.41) is 3.06. The first-order valence-corrected chi connectivity index (χ1v) is 14.1. The third-order valence-electron chi connectivity index (χ3n) is 7.80. The molecule has 1 aromatic carbocycles. The Morgan fingerprint density at radius 1 is 0.973 bits per heavy atom. The SMILES string of the molecule is CCCN(CC1CCN(C(=O)N2CCOCC2)CC1)C(C)Cc1cccc(NC(=O)N2CCOCC2)c1. The molecule has 9 nitrogen and oxygen atoms in total. The van der Waals surface area contributed by atoms with Crippen LogP contribution in [-0.2, 0) is 15.9 Å². The molecule has 0 saturated carbocycles. The van der Waals surface area contributed by atoms with Gasteiger partial charge in [0.05, 0.1) is 26.4 Å². The second kappa shape index (κ2) is 14.0. The summed E-state index contributed by atoms with van der Waals surface area (Å²) in [5.74, 6) is 0.613. The monoisotopic (exact) mass is 515 g/mol. The number of amides is 4. The molecule has 0 aliphatic carbocycles. The molecule has 1 atom stereocenters. The molecule has 1 aromatic rings. The molecule has 3 fully saturated rings. The predicted octanol–water partition coefficient (Wildman–Crippen LogP) is 3.36. The highest BCUT2D eigenvalue weighted by Gasteiger charge is 2.29. The zero-order valence-electron chi connectivity index (χ0n) is 22.7. The molecular formula is C28H45N5O4. The average molecular weight is 516 g/mol. The summed E-state index contributed by atoms with van der Waals surface area (Å²) in [7, 11) is 0. The molecule has 1 N–H and O–H groups in total. The van der Waals surface area contributed by atoms with Crippen molar-refractivity contribution in [2.24, 2.45) is 5.92 Å². The Morgan fingerprint density at radius 2 is 1.59 bits per heavy atom. The van der Waals surface area contributed by atoms with Crippen LogP contribution in [0.3, 0.4) is 0 Å². The molecule has 0 radical (unpaired) electrons. The third kappa shape index (κ3) is 8.06. The van der Waals surface area contributed by atoms with E-state index in [1.54, 1.807) is 0 Å². The zero-order valence-corrected chi connectivity index (χ0v) is 22.7. The highest BCUT2D eigenvalue weighted by Crippen LogP contribution is 2.22. The maximum Gasteiger partial charge on any atom is 0.321 e. The van der Waals surface area contributed by atoms with E-state index in [0.29, 0.717) is 64.6 Å². The van der Waals surface area contributed by atoms with Crippen LogP contribution < -0.4 is 5.32 Å². The van der Waals surface area contributed by atoms with Gasteiger partial charge in [-0.15, -0.1) is 0 Å². The van der Waals surface area contributed by atoms with E-state index in [1.165, 1.54) is 5.56 Å². The van der Waals surface area contributed by atoms with Crippen LogP contribution in [0.2, 0.25) is 0 Å². The molecule has 4 amide bonds. The third-order valence-corrected chi connectivity index (χ3v) is 7.80. The van der Waals surface area contributed by atoms with E-state index in [0.717, 1.165) is 57.5 Å².